The molecule has 0 aromatic carbocycles. The lowest BCUT2D eigenvalue weighted by molar-refractivity contribution is -0.103. The molecule has 19 heavy (non-hydrogen) atoms. The molecule has 1 saturated heterocycles. The number of ether oxygens (including phenoxy) is 1. The van der Waals surface area contributed by atoms with Crippen LogP contribution in [0.1, 0.15) is 46.0 Å². The van der Waals surface area contributed by atoms with Gasteiger partial charge in [-0.3, -0.25) is 0 Å². The van der Waals surface area contributed by atoms with Gasteiger partial charge < -0.3 is 19.8 Å². The molecule has 1 aliphatic heterocycles. The van der Waals surface area contributed by atoms with E-state index in [-0.39, 0.29) is 6.10 Å². The molecular weight excluding hydrogens is 242 g/mol. The molecule has 0 aromatic rings. The van der Waals surface area contributed by atoms with Crippen LogP contribution in [0.2, 0.25) is 0 Å². The summed E-state index contributed by atoms with van der Waals surface area (Å²) in [4.78, 5) is 2.29. The van der Waals surface area contributed by atoms with Crippen molar-refractivity contribution in [2.75, 3.05) is 26.2 Å². The minimum Gasteiger partial charge on any atom is -0.390 e. The first-order valence-electron chi connectivity index (χ1n) is 7.74. The molecule has 3 unspecified atom stereocenters. The summed E-state index contributed by atoms with van der Waals surface area (Å²) in [5, 5.41) is 20.6. The maximum absolute atomic E-state index is 10.6. The Balaban J connectivity index is 1.77. The van der Waals surface area contributed by atoms with Crippen molar-refractivity contribution in [3.8, 4) is 0 Å². The zero-order chi connectivity index (χ0) is 13.9. The lowest BCUT2D eigenvalue weighted by Crippen LogP contribution is -2.54. The van der Waals surface area contributed by atoms with Crippen LogP contribution in [0, 0.1) is 5.92 Å². The number of aliphatic hydroxyl groups is 2. The highest BCUT2D eigenvalue weighted by Gasteiger charge is 2.42. The molecule has 3 atom stereocenters. The average Bonchev–Trinajstić information content (AvgIpc) is 2.36. The molecule has 0 aromatic heterocycles. The molecule has 112 valence electrons. The van der Waals surface area contributed by atoms with Crippen molar-refractivity contribution in [1.82, 2.24) is 4.90 Å². The molecule has 1 saturated carbocycles. The quantitative estimate of drug-likeness (QED) is 0.793. The fourth-order valence-electron chi connectivity index (χ4n) is 3.46. The van der Waals surface area contributed by atoms with Crippen molar-refractivity contribution in [1.29, 1.82) is 0 Å². The fraction of sp³-hybridized carbons (Fsp3) is 1.00. The molecule has 1 aliphatic carbocycles. The van der Waals surface area contributed by atoms with Crippen LogP contribution in [-0.2, 0) is 4.74 Å². The van der Waals surface area contributed by atoms with Crippen molar-refractivity contribution >= 4 is 0 Å². The lowest BCUT2D eigenvalue weighted by atomic mass is 9.71. The molecule has 4 heteroatoms. The van der Waals surface area contributed by atoms with Crippen LogP contribution in [0.15, 0.2) is 0 Å². The second-order valence-corrected chi connectivity index (χ2v) is 6.59. The van der Waals surface area contributed by atoms with Crippen LogP contribution in [0.3, 0.4) is 0 Å². The molecule has 0 spiro atoms. The topological polar surface area (TPSA) is 52.9 Å². The van der Waals surface area contributed by atoms with Crippen molar-refractivity contribution in [3.63, 3.8) is 0 Å². The van der Waals surface area contributed by atoms with Gasteiger partial charge in [-0.1, -0.05) is 12.8 Å². The summed E-state index contributed by atoms with van der Waals surface area (Å²) in [5.74, 6) is 0.396. The van der Waals surface area contributed by atoms with Crippen molar-refractivity contribution in [3.05, 3.63) is 0 Å². The van der Waals surface area contributed by atoms with Gasteiger partial charge in [0.2, 0.25) is 0 Å². The van der Waals surface area contributed by atoms with Gasteiger partial charge in [0.05, 0.1) is 24.4 Å². The van der Waals surface area contributed by atoms with Gasteiger partial charge in [-0.15, -0.1) is 0 Å². The second-order valence-electron chi connectivity index (χ2n) is 6.59. The van der Waals surface area contributed by atoms with Gasteiger partial charge in [-0.2, -0.15) is 0 Å². The van der Waals surface area contributed by atoms with Crippen LogP contribution in [0.5, 0.6) is 0 Å². The van der Waals surface area contributed by atoms with Gasteiger partial charge in [0, 0.05) is 25.6 Å². The second kappa shape index (κ2) is 6.53. The van der Waals surface area contributed by atoms with E-state index in [2.05, 4.69) is 4.90 Å². The lowest BCUT2D eigenvalue weighted by Gasteiger charge is -2.47. The number of rotatable bonds is 5. The summed E-state index contributed by atoms with van der Waals surface area (Å²) in [6.07, 6.45) is 5.10. The Morgan fingerprint density at radius 2 is 2.11 bits per heavy atom. The van der Waals surface area contributed by atoms with E-state index in [0.29, 0.717) is 19.1 Å². The number of aliphatic hydroxyl groups excluding tert-OH is 1. The van der Waals surface area contributed by atoms with E-state index in [1.807, 2.05) is 13.8 Å². The molecule has 2 fully saturated rings. The first kappa shape index (κ1) is 15.2. The van der Waals surface area contributed by atoms with Gasteiger partial charge in [-0.05, 0) is 33.1 Å². The van der Waals surface area contributed by atoms with Gasteiger partial charge in [0.1, 0.15) is 0 Å². The fourth-order valence-corrected chi connectivity index (χ4v) is 3.46. The first-order valence-corrected chi connectivity index (χ1v) is 7.74. The van der Waals surface area contributed by atoms with Gasteiger partial charge >= 0.3 is 0 Å². The number of piperidine rings is 1. The van der Waals surface area contributed by atoms with Gasteiger partial charge in [0.15, 0.2) is 0 Å². The minimum atomic E-state index is -0.422. The Kier molecular flexibility index (Phi) is 5.23. The minimum absolute atomic E-state index is 0.166. The van der Waals surface area contributed by atoms with E-state index in [9.17, 15) is 10.2 Å². The van der Waals surface area contributed by atoms with E-state index in [4.69, 9.17) is 4.74 Å². The third-order valence-electron chi connectivity index (χ3n) is 4.60. The third kappa shape index (κ3) is 4.15. The van der Waals surface area contributed by atoms with Gasteiger partial charge in [-0.25, -0.2) is 0 Å². The molecule has 0 bridgehead atoms. The number of β-amino-alcohol motifs (C(OH)–C–C–N with tert-alkyl or cyclic N) is 1. The summed E-state index contributed by atoms with van der Waals surface area (Å²) >= 11 is 0. The smallest absolute Gasteiger partial charge is 0.0900 e. The van der Waals surface area contributed by atoms with Crippen LogP contribution < -0.4 is 0 Å². The Morgan fingerprint density at radius 3 is 2.84 bits per heavy atom. The van der Waals surface area contributed by atoms with Crippen LogP contribution in [0.25, 0.3) is 0 Å². The molecular formula is C15H29NO3. The predicted octanol–water partition coefficient (Wildman–Crippen LogP) is 1.40. The Labute approximate surface area is 116 Å². The molecule has 2 rings (SSSR count). The number of fused-ring (bicyclic) bond motifs is 1. The number of nitrogens with zero attached hydrogens (tertiary/aromatic N) is 1. The number of hydrogen-bond acceptors (Lipinski definition) is 4. The Morgan fingerprint density at radius 1 is 1.32 bits per heavy atom. The number of likely N-dealkylation sites (tertiary alicyclic amines) is 1. The molecule has 1 heterocycles. The first-order chi connectivity index (χ1) is 8.99. The highest BCUT2D eigenvalue weighted by Crippen LogP contribution is 2.39. The predicted molar refractivity (Wildman–Crippen MR) is 75.1 cm³/mol. The zero-order valence-electron chi connectivity index (χ0n) is 12.3. The van der Waals surface area contributed by atoms with Crippen LogP contribution >= 0.6 is 0 Å². The summed E-state index contributed by atoms with van der Waals surface area (Å²) in [5.41, 5.74) is -0.422. The number of hydrogen-bond donors (Lipinski definition) is 2. The van der Waals surface area contributed by atoms with Gasteiger partial charge in [0.25, 0.3) is 0 Å². The highest BCUT2D eigenvalue weighted by molar-refractivity contribution is 4.95. The summed E-state index contributed by atoms with van der Waals surface area (Å²) in [7, 11) is 0. The zero-order valence-corrected chi connectivity index (χ0v) is 12.3. The molecule has 0 radical (unpaired) electrons. The third-order valence-corrected chi connectivity index (χ3v) is 4.60. The van der Waals surface area contributed by atoms with Crippen molar-refractivity contribution < 1.29 is 14.9 Å². The summed E-state index contributed by atoms with van der Waals surface area (Å²) in [6.45, 7) is 6.86. The van der Waals surface area contributed by atoms with E-state index in [0.717, 1.165) is 38.8 Å². The van der Waals surface area contributed by atoms with Crippen molar-refractivity contribution in [2.45, 2.75) is 63.8 Å². The summed E-state index contributed by atoms with van der Waals surface area (Å²) < 4.78 is 5.45. The Hall–Kier alpha value is -0.160. The van der Waals surface area contributed by atoms with Crippen LogP contribution in [0.4, 0.5) is 0 Å². The maximum Gasteiger partial charge on any atom is 0.0900 e. The highest BCUT2D eigenvalue weighted by atomic mass is 16.5. The summed E-state index contributed by atoms with van der Waals surface area (Å²) in [6, 6.07) is 0. The van der Waals surface area contributed by atoms with E-state index in [1.54, 1.807) is 0 Å². The molecule has 2 aliphatic rings. The molecule has 4 nitrogen and oxygen atoms in total. The van der Waals surface area contributed by atoms with E-state index in [1.165, 1.54) is 6.42 Å². The Bertz CT molecular complexity index is 285. The SMILES string of the molecule is CC(C)OCC(O)CN1CCC2(O)CCCCC2C1. The molecule has 0 amide bonds. The van der Waals surface area contributed by atoms with E-state index >= 15 is 0 Å². The largest absolute Gasteiger partial charge is 0.390 e. The van der Waals surface area contributed by atoms with Crippen LogP contribution in [-0.4, -0.2) is 59.2 Å². The van der Waals surface area contributed by atoms with Crippen molar-refractivity contribution in [2.24, 2.45) is 5.92 Å². The molecule has 2 N–H and O–H groups in total. The standard InChI is InChI=1S/C15H29NO3/c1-12(2)19-11-14(17)10-16-8-7-15(18)6-4-3-5-13(15)9-16/h12-14,17-18H,3-11H2,1-2H3. The normalized spacial score (nSPS) is 34.3. The maximum atomic E-state index is 10.6. The van der Waals surface area contributed by atoms with E-state index < -0.39 is 11.7 Å². The average molecular weight is 271 g/mol. The monoisotopic (exact) mass is 271 g/mol.